The smallest absolute Gasteiger partial charge is 0.320 e. The van der Waals surface area contributed by atoms with Crippen LogP contribution < -0.4 is 10.5 Å². The van der Waals surface area contributed by atoms with Crippen LogP contribution in [0.25, 0.3) is 0 Å². The highest BCUT2D eigenvalue weighted by molar-refractivity contribution is 6.31. The molecule has 4 aromatic carbocycles. The third-order valence-electron chi connectivity index (χ3n) is 5.58. The van der Waals surface area contributed by atoms with Crippen LogP contribution in [0.15, 0.2) is 109 Å². The Balaban J connectivity index is 1.85. The third kappa shape index (κ3) is 4.77. The molecule has 0 saturated heterocycles. The lowest BCUT2D eigenvalue weighted by Gasteiger charge is -2.37. The molecule has 0 fully saturated rings. The van der Waals surface area contributed by atoms with Gasteiger partial charge in [-0.25, -0.2) is 0 Å². The van der Waals surface area contributed by atoms with Crippen molar-refractivity contribution in [1.82, 2.24) is 0 Å². The number of aliphatic carboxylic acids is 1. The van der Waals surface area contributed by atoms with Crippen LogP contribution in [0.5, 0.6) is 5.75 Å². The summed E-state index contributed by atoms with van der Waals surface area (Å²) in [5, 5.41) is 9.68. The molecule has 0 heterocycles. The maximum Gasteiger partial charge on any atom is 0.320 e. The molecule has 4 rings (SSSR count). The summed E-state index contributed by atoms with van der Waals surface area (Å²) in [4.78, 5) is 11.1. The molecule has 0 amide bonds. The fourth-order valence-electron chi connectivity index (χ4n) is 3.95. The Morgan fingerprint density at radius 3 is 1.85 bits per heavy atom. The number of nitrogens with two attached hydrogens (primary N) is 1. The van der Waals surface area contributed by atoms with Gasteiger partial charge in [0.05, 0.1) is 0 Å². The van der Waals surface area contributed by atoms with Crippen molar-refractivity contribution in [2.75, 3.05) is 0 Å². The fourth-order valence-corrected chi connectivity index (χ4v) is 4.22. The van der Waals surface area contributed by atoms with Gasteiger partial charge >= 0.3 is 5.97 Å². The van der Waals surface area contributed by atoms with Crippen molar-refractivity contribution in [3.05, 3.63) is 136 Å². The van der Waals surface area contributed by atoms with Crippen LogP contribution in [0.2, 0.25) is 5.02 Å². The van der Waals surface area contributed by atoms with Crippen LogP contribution in [0.4, 0.5) is 0 Å². The number of hydrogen-bond donors (Lipinski definition) is 2. The molecule has 0 aromatic heterocycles. The molecule has 4 aromatic rings. The van der Waals surface area contributed by atoms with Gasteiger partial charge in [0.2, 0.25) is 0 Å². The van der Waals surface area contributed by atoms with Gasteiger partial charge in [0, 0.05) is 21.7 Å². The number of rotatable bonds is 8. The zero-order valence-electron chi connectivity index (χ0n) is 17.9. The largest absolute Gasteiger partial charge is 0.480 e. The van der Waals surface area contributed by atoms with E-state index in [0.717, 1.165) is 22.3 Å². The predicted octanol–water partition coefficient (Wildman–Crippen LogP) is 5.67. The number of halogens is 1. The van der Waals surface area contributed by atoms with E-state index in [2.05, 4.69) is 0 Å². The zero-order chi connectivity index (χ0) is 23.3. The normalized spacial score (nSPS) is 12.2. The van der Waals surface area contributed by atoms with Crippen LogP contribution in [0.3, 0.4) is 0 Å². The summed E-state index contributed by atoms with van der Waals surface area (Å²) in [6.07, 6.45) is 0.239. The van der Waals surface area contributed by atoms with Crippen molar-refractivity contribution in [3.63, 3.8) is 0 Å². The summed E-state index contributed by atoms with van der Waals surface area (Å²) in [7, 11) is 0. The van der Waals surface area contributed by atoms with E-state index in [1.165, 1.54) is 0 Å². The molecular weight excluding hydrogens is 434 g/mol. The molecule has 5 heteroatoms. The van der Waals surface area contributed by atoms with Gasteiger partial charge in [0.15, 0.2) is 5.60 Å². The van der Waals surface area contributed by atoms with Crippen molar-refractivity contribution in [1.29, 1.82) is 0 Å². The number of ether oxygens (including phenoxy) is 1. The molecule has 4 nitrogen and oxygen atoms in total. The van der Waals surface area contributed by atoms with E-state index < -0.39 is 17.6 Å². The monoisotopic (exact) mass is 457 g/mol. The minimum atomic E-state index is -1.03. The topological polar surface area (TPSA) is 72.5 Å². The summed E-state index contributed by atoms with van der Waals surface area (Å²) in [5.74, 6) is -0.406. The first-order chi connectivity index (χ1) is 16.0. The van der Waals surface area contributed by atoms with E-state index in [1.54, 1.807) is 0 Å². The van der Waals surface area contributed by atoms with E-state index in [9.17, 15) is 4.79 Å². The summed E-state index contributed by atoms with van der Waals surface area (Å²) < 4.78 is 6.82. The average Bonchev–Trinajstić information content (AvgIpc) is 2.85. The first-order valence-corrected chi connectivity index (χ1v) is 11.0. The molecule has 0 aliphatic carbocycles. The Morgan fingerprint density at radius 2 is 1.33 bits per heavy atom. The Morgan fingerprint density at radius 1 is 0.818 bits per heavy atom. The van der Waals surface area contributed by atoms with Gasteiger partial charge in [-0.3, -0.25) is 4.79 Å². The third-order valence-corrected chi connectivity index (χ3v) is 5.91. The van der Waals surface area contributed by atoms with Gasteiger partial charge in [-0.15, -0.1) is 0 Å². The minimum Gasteiger partial charge on any atom is -0.480 e. The van der Waals surface area contributed by atoms with Gasteiger partial charge in [-0.2, -0.15) is 0 Å². The Bertz CT molecular complexity index is 1170. The molecule has 0 spiro atoms. The standard InChI is InChI=1S/C28H24ClNO3/c29-25-14-8-7-13-24(25)28(21-9-3-1-4-10-21,22-11-5-2-6-12-22)33-23-17-15-20(16-18-23)19-26(30)27(31)32/h1-18,26H,19,30H2,(H,31,32)/t26-/m0/s1. The number of carboxylic acids is 1. The Kier molecular flexibility index (Phi) is 6.78. The van der Waals surface area contributed by atoms with Crippen molar-refractivity contribution in [3.8, 4) is 5.75 Å². The molecule has 1 atom stereocenters. The number of hydrogen-bond acceptors (Lipinski definition) is 3. The van der Waals surface area contributed by atoms with E-state index in [-0.39, 0.29) is 6.42 Å². The molecule has 0 aliphatic heterocycles. The molecule has 0 unspecified atom stereocenters. The highest BCUT2D eigenvalue weighted by atomic mass is 35.5. The van der Waals surface area contributed by atoms with E-state index in [0.29, 0.717) is 10.8 Å². The first kappa shape index (κ1) is 22.6. The van der Waals surface area contributed by atoms with Crippen molar-refractivity contribution in [2.24, 2.45) is 5.73 Å². The summed E-state index contributed by atoms with van der Waals surface area (Å²) >= 11 is 6.74. The second-order valence-electron chi connectivity index (χ2n) is 7.79. The fraction of sp³-hybridized carbons (Fsp3) is 0.107. The quantitative estimate of drug-likeness (QED) is 0.334. The van der Waals surface area contributed by atoms with Crippen LogP contribution in [0, 0.1) is 0 Å². The van der Waals surface area contributed by atoms with Crippen LogP contribution >= 0.6 is 11.6 Å². The van der Waals surface area contributed by atoms with Crippen molar-refractivity contribution < 1.29 is 14.6 Å². The van der Waals surface area contributed by atoms with Crippen molar-refractivity contribution >= 4 is 17.6 Å². The maximum atomic E-state index is 11.1. The van der Waals surface area contributed by atoms with Gasteiger partial charge < -0.3 is 15.6 Å². The summed E-state index contributed by atoms with van der Waals surface area (Å²) in [5.41, 5.74) is 8.19. The first-order valence-electron chi connectivity index (χ1n) is 10.6. The van der Waals surface area contributed by atoms with Crippen LogP contribution in [-0.2, 0) is 16.8 Å². The molecule has 166 valence electrons. The molecule has 0 saturated carbocycles. The maximum absolute atomic E-state index is 11.1. The molecule has 33 heavy (non-hydrogen) atoms. The lowest BCUT2D eigenvalue weighted by atomic mass is 9.80. The van der Waals surface area contributed by atoms with Gasteiger partial charge in [0.25, 0.3) is 0 Å². The summed E-state index contributed by atoms with van der Waals surface area (Å²) in [6, 6.07) is 34.0. The molecule has 0 aliphatic rings. The number of benzene rings is 4. The van der Waals surface area contributed by atoms with E-state index >= 15 is 0 Å². The molecule has 3 N–H and O–H groups in total. The Hall–Kier alpha value is -3.60. The predicted molar refractivity (Wildman–Crippen MR) is 131 cm³/mol. The van der Waals surface area contributed by atoms with E-state index in [1.807, 2.05) is 109 Å². The van der Waals surface area contributed by atoms with Crippen LogP contribution in [-0.4, -0.2) is 17.1 Å². The van der Waals surface area contributed by atoms with Gasteiger partial charge in [0.1, 0.15) is 11.8 Å². The highest BCUT2D eigenvalue weighted by Crippen LogP contribution is 2.43. The lowest BCUT2D eigenvalue weighted by Crippen LogP contribution is -2.36. The van der Waals surface area contributed by atoms with Crippen molar-refractivity contribution in [2.45, 2.75) is 18.1 Å². The second kappa shape index (κ2) is 9.90. The van der Waals surface area contributed by atoms with E-state index in [4.69, 9.17) is 27.2 Å². The van der Waals surface area contributed by atoms with Gasteiger partial charge in [-0.05, 0) is 30.2 Å². The minimum absolute atomic E-state index is 0.239. The SMILES string of the molecule is N[C@@H](Cc1ccc(OC(c2ccccc2)(c2ccccc2)c2ccccc2Cl)cc1)C(=O)O. The number of carboxylic acid groups (broad SMARTS) is 1. The average molecular weight is 458 g/mol. The summed E-state index contributed by atoms with van der Waals surface area (Å²) in [6.45, 7) is 0. The van der Waals surface area contributed by atoms with Gasteiger partial charge in [-0.1, -0.05) is 103 Å². The number of carbonyl (C=O) groups is 1. The second-order valence-corrected chi connectivity index (χ2v) is 8.20. The Labute approximate surface area is 198 Å². The zero-order valence-corrected chi connectivity index (χ0v) is 18.7. The highest BCUT2D eigenvalue weighted by Gasteiger charge is 2.40. The molecule has 0 bridgehead atoms. The van der Waals surface area contributed by atoms with Crippen LogP contribution in [0.1, 0.15) is 22.3 Å². The molecular formula is C28H24ClNO3. The lowest BCUT2D eigenvalue weighted by molar-refractivity contribution is -0.138. The molecule has 0 radical (unpaired) electrons.